The monoisotopic (exact) mass is 410 g/mol. The Kier molecular flexibility index (Phi) is 6.74. The predicted octanol–water partition coefficient (Wildman–Crippen LogP) is 1.84. The Morgan fingerprint density at radius 3 is 2.30 bits per heavy atom. The van der Waals surface area contributed by atoms with Crippen LogP contribution in [-0.2, 0) is 0 Å². The van der Waals surface area contributed by atoms with Crippen LogP contribution in [0.25, 0.3) is 0 Å². The van der Waals surface area contributed by atoms with Crippen LogP contribution >= 0.6 is 35.7 Å². The smallest absolute Gasteiger partial charge is 0.191 e. The summed E-state index contributed by atoms with van der Waals surface area (Å²) in [5, 5.41) is 0. The molecule has 3 rings (SSSR count). The zero-order chi connectivity index (χ0) is 13.1. The molecular weight excluding hydrogens is 383 g/mol. The summed E-state index contributed by atoms with van der Waals surface area (Å²) < 4.78 is 0. The summed E-state index contributed by atoms with van der Waals surface area (Å²) in [6.45, 7) is 5.64. The van der Waals surface area contributed by atoms with Crippen LogP contribution in [0, 0.1) is 5.92 Å². The van der Waals surface area contributed by atoms with E-state index in [4.69, 9.17) is 5.73 Å². The van der Waals surface area contributed by atoms with Crippen molar-refractivity contribution < 1.29 is 0 Å². The van der Waals surface area contributed by atoms with Crippen LogP contribution in [0.5, 0.6) is 0 Å². The summed E-state index contributed by atoms with van der Waals surface area (Å²) in [4.78, 5) is 9.57. The quantitative estimate of drug-likeness (QED) is 0.438. The molecule has 6 heteroatoms. The number of likely N-dealkylation sites (tertiary alicyclic amines) is 1. The molecule has 0 unspecified atom stereocenters. The molecule has 0 aromatic carbocycles. The van der Waals surface area contributed by atoms with Crippen molar-refractivity contribution in [1.29, 1.82) is 0 Å². The Hall–Kier alpha value is 0.310. The Bertz CT molecular complexity index is 321. The highest BCUT2D eigenvalue weighted by Gasteiger charge is 2.31. The van der Waals surface area contributed by atoms with Gasteiger partial charge in [0, 0.05) is 37.2 Å². The van der Waals surface area contributed by atoms with Crippen LogP contribution in [-0.4, -0.2) is 66.0 Å². The Morgan fingerprint density at radius 1 is 1.05 bits per heavy atom. The molecule has 116 valence electrons. The van der Waals surface area contributed by atoms with Crippen molar-refractivity contribution in [2.75, 3.05) is 44.2 Å². The molecule has 4 nitrogen and oxygen atoms in total. The van der Waals surface area contributed by atoms with Crippen LogP contribution in [0.1, 0.15) is 25.7 Å². The number of piperidine rings is 1. The van der Waals surface area contributed by atoms with Gasteiger partial charge in [-0.25, -0.2) is 0 Å². The molecule has 0 aromatic heterocycles. The van der Waals surface area contributed by atoms with Gasteiger partial charge in [-0.2, -0.15) is 11.8 Å². The first-order chi connectivity index (χ1) is 9.33. The Morgan fingerprint density at radius 2 is 1.70 bits per heavy atom. The van der Waals surface area contributed by atoms with Gasteiger partial charge in [0.1, 0.15) is 0 Å². The van der Waals surface area contributed by atoms with Crippen LogP contribution in [0.2, 0.25) is 0 Å². The lowest BCUT2D eigenvalue weighted by atomic mass is 9.97. The summed E-state index contributed by atoms with van der Waals surface area (Å²) in [5.74, 6) is 3.92. The van der Waals surface area contributed by atoms with Crippen LogP contribution < -0.4 is 5.73 Å². The number of rotatable bonds is 3. The number of guanidine groups is 1. The van der Waals surface area contributed by atoms with Crippen molar-refractivity contribution in [2.45, 2.75) is 31.7 Å². The normalized spacial score (nSPS) is 26.4. The highest BCUT2D eigenvalue weighted by molar-refractivity contribution is 14.0. The van der Waals surface area contributed by atoms with Gasteiger partial charge in [0.05, 0.1) is 0 Å². The third kappa shape index (κ3) is 4.66. The molecule has 1 aliphatic carbocycles. The first-order valence-electron chi connectivity index (χ1n) is 7.69. The molecule has 0 radical (unpaired) electrons. The first kappa shape index (κ1) is 16.7. The maximum absolute atomic E-state index is 6.11. The second-order valence-electron chi connectivity index (χ2n) is 6.01. The van der Waals surface area contributed by atoms with E-state index in [1.165, 1.54) is 50.3 Å². The maximum Gasteiger partial charge on any atom is 0.191 e. The Labute approximate surface area is 143 Å². The highest BCUT2D eigenvalue weighted by Crippen LogP contribution is 2.30. The predicted molar refractivity (Wildman–Crippen MR) is 98.1 cm³/mol. The van der Waals surface area contributed by atoms with Crippen LogP contribution in [0.4, 0.5) is 0 Å². The van der Waals surface area contributed by atoms with Gasteiger partial charge < -0.3 is 15.5 Å². The molecule has 2 N–H and O–H groups in total. The van der Waals surface area contributed by atoms with Crippen LogP contribution in [0.3, 0.4) is 0 Å². The van der Waals surface area contributed by atoms with Crippen molar-refractivity contribution in [3.8, 4) is 0 Å². The molecule has 0 bridgehead atoms. The van der Waals surface area contributed by atoms with Gasteiger partial charge in [-0.15, -0.1) is 24.0 Å². The number of hydrogen-bond donors (Lipinski definition) is 1. The minimum atomic E-state index is 0. The maximum atomic E-state index is 6.11. The molecule has 20 heavy (non-hydrogen) atoms. The molecule has 2 aliphatic heterocycles. The van der Waals surface area contributed by atoms with E-state index in [1.807, 2.05) is 11.8 Å². The van der Waals surface area contributed by atoms with Gasteiger partial charge in [-0.1, -0.05) is 0 Å². The van der Waals surface area contributed by atoms with E-state index < -0.39 is 0 Å². The number of thioether (sulfide) groups is 1. The van der Waals surface area contributed by atoms with Gasteiger partial charge >= 0.3 is 0 Å². The van der Waals surface area contributed by atoms with E-state index in [0.29, 0.717) is 0 Å². The van der Waals surface area contributed by atoms with E-state index in [0.717, 1.165) is 37.6 Å². The number of hydrogen-bond acceptors (Lipinski definition) is 3. The van der Waals surface area contributed by atoms with Gasteiger partial charge in [-0.05, 0) is 44.7 Å². The second-order valence-corrected chi connectivity index (χ2v) is 7.23. The van der Waals surface area contributed by atoms with Crippen LogP contribution in [0.15, 0.2) is 4.99 Å². The van der Waals surface area contributed by atoms with Gasteiger partial charge in [0.2, 0.25) is 0 Å². The van der Waals surface area contributed by atoms with Gasteiger partial charge in [0.15, 0.2) is 5.96 Å². The van der Waals surface area contributed by atoms with E-state index in [2.05, 4.69) is 14.8 Å². The second kappa shape index (κ2) is 8.08. The topological polar surface area (TPSA) is 44.9 Å². The molecule has 1 saturated carbocycles. The fourth-order valence-electron chi connectivity index (χ4n) is 3.06. The zero-order valence-corrected chi connectivity index (χ0v) is 15.3. The third-order valence-corrected chi connectivity index (χ3v) is 5.50. The van der Waals surface area contributed by atoms with E-state index in [9.17, 15) is 0 Å². The van der Waals surface area contributed by atoms with E-state index in [1.54, 1.807) is 0 Å². The fraction of sp³-hybridized carbons (Fsp3) is 0.929. The van der Waals surface area contributed by atoms with Crippen molar-refractivity contribution >= 4 is 41.7 Å². The summed E-state index contributed by atoms with van der Waals surface area (Å²) >= 11 is 2.01. The lowest BCUT2D eigenvalue weighted by Crippen LogP contribution is -2.43. The third-order valence-electron chi connectivity index (χ3n) is 4.56. The van der Waals surface area contributed by atoms with Gasteiger partial charge in [0.25, 0.3) is 0 Å². The average Bonchev–Trinajstić information content (AvgIpc) is 3.31. The fourth-order valence-corrected chi connectivity index (χ4v) is 3.96. The van der Waals surface area contributed by atoms with Crippen molar-refractivity contribution in [3.05, 3.63) is 0 Å². The minimum Gasteiger partial charge on any atom is -0.370 e. The Balaban J connectivity index is 0.00000147. The lowest BCUT2D eigenvalue weighted by molar-refractivity contribution is 0.179. The molecule has 2 saturated heterocycles. The zero-order valence-electron chi connectivity index (χ0n) is 12.2. The molecule has 0 spiro atoms. The average molecular weight is 410 g/mol. The largest absolute Gasteiger partial charge is 0.370 e. The lowest BCUT2D eigenvalue weighted by Gasteiger charge is -2.32. The summed E-state index contributed by atoms with van der Waals surface area (Å²) in [6.07, 6.45) is 5.48. The molecular formula is C14H27IN4S. The summed E-state index contributed by atoms with van der Waals surface area (Å²) in [5.41, 5.74) is 6.11. The molecule has 2 heterocycles. The first-order valence-corrected chi connectivity index (χ1v) is 8.85. The number of halogens is 1. The van der Waals surface area contributed by atoms with Crippen molar-refractivity contribution in [2.24, 2.45) is 16.6 Å². The molecule has 0 amide bonds. The summed E-state index contributed by atoms with van der Waals surface area (Å²) in [6, 6.07) is 0.931. The molecule has 3 fully saturated rings. The van der Waals surface area contributed by atoms with E-state index >= 15 is 0 Å². The number of nitrogens with two attached hydrogens (primary N) is 1. The summed E-state index contributed by atoms with van der Waals surface area (Å²) in [7, 11) is 0. The number of nitrogens with zero attached hydrogens (tertiary/aromatic N) is 3. The van der Waals surface area contributed by atoms with Gasteiger partial charge in [-0.3, -0.25) is 4.99 Å². The molecule has 3 aliphatic rings. The van der Waals surface area contributed by atoms with Crippen molar-refractivity contribution in [3.63, 3.8) is 0 Å². The standard InChI is InChI=1S/C14H26N4S.HI/c15-14(18-7-9-19-10-8-18)16-11-12-3-5-17(6-4-12)13-1-2-13;/h12-13H,1-11H2,(H2,15,16);1H. The molecule has 0 atom stereocenters. The van der Waals surface area contributed by atoms with Crippen molar-refractivity contribution in [1.82, 2.24) is 9.80 Å². The minimum absolute atomic E-state index is 0. The highest BCUT2D eigenvalue weighted by atomic mass is 127. The SMILES string of the molecule is I.NC(=NCC1CCN(C2CC2)CC1)N1CCSCC1. The van der Waals surface area contributed by atoms with E-state index in [-0.39, 0.29) is 24.0 Å². The molecule has 0 aromatic rings. The number of aliphatic imine (C=N–C) groups is 1.